The average molecular weight is 440 g/mol. The van der Waals surface area contributed by atoms with Gasteiger partial charge in [-0.3, -0.25) is 0 Å². The summed E-state index contributed by atoms with van der Waals surface area (Å²) in [5, 5.41) is 7.55. The molecule has 2 N–H and O–H groups in total. The van der Waals surface area contributed by atoms with E-state index < -0.39 is 0 Å². The normalized spacial score (nSPS) is 11.4. The number of thiazole rings is 1. The van der Waals surface area contributed by atoms with Gasteiger partial charge in [0.15, 0.2) is 5.96 Å². The summed E-state index contributed by atoms with van der Waals surface area (Å²) < 4.78 is 5.58. The fourth-order valence-electron chi connectivity index (χ4n) is 1.63. The number of halogens is 1. The summed E-state index contributed by atoms with van der Waals surface area (Å²) in [7, 11) is 0. The smallest absolute Gasteiger partial charge is 0.191 e. The zero-order valence-electron chi connectivity index (χ0n) is 14.0. The van der Waals surface area contributed by atoms with Crippen molar-refractivity contribution in [3.63, 3.8) is 0 Å². The second-order valence-electron chi connectivity index (χ2n) is 5.28. The number of aliphatic imine (C=N–C) groups is 1. The minimum Gasteiger partial charge on any atom is -0.380 e. The Morgan fingerprint density at radius 2 is 2.14 bits per heavy atom. The molecule has 1 aromatic heterocycles. The van der Waals surface area contributed by atoms with Crippen LogP contribution in [0.1, 0.15) is 37.1 Å². The first-order valence-corrected chi connectivity index (χ1v) is 8.44. The molecule has 1 heterocycles. The zero-order chi connectivity index (χ0) is 15.5. The molecule has 1 rings (SSSR count). The molecule has 22 heavy (non-hydrogen) atoms. The van der Waals surface area contributed by atoms with Crippen LogP contribution >= 0.6 is 35.3 Å². The monoisotopic (exact) mass is 440 g/mol. The number of hydrogen-bond acceptors (Lipinski definition) is 4. The number of guanidine groups is 1. The van der Waals surface area contributed by atoms with Crippen molar-refractivity contribution < 1.29 is 4.74 Å². The molecule has 0 amide bonds. The van der Waals surface area contributed by atoms with Crippen LogP contribution < -0.4 is 10.6 Å². The maximum atomic E-state index is 5.58. The Balaban J connectivity index is 0.00000441. The van der Waals surface area contributed by atoms with Crippen molar-refractivity contribution in [2.24, 2.45) is 10.9 Å². The number of hydrogen-bond donors (Lipinski definition) is 2. The molecule has 5 nitrogen and oxygen atoms in total. The van der Waals surface area contributed by atoms with E-state index in [1.165, 1.54) is 4.88 Å². The van der Waals surface area contributed by atoms with Gasteiger partial charge in [-0.25, -0.2) is 9.98 Å². The molecule has 0 aliphatic rings. The van der Waals surface area contributed by atoms with E-state index in [0.717, 1.165) is 37.1 Å². The van der Waals surface area contributed by atoms with E-state index in [9.17, 15) is 0 Å². The van der Waals surface area contributed by atoms with Crippen molar-refractivity contribution in [3.05, 3.63) is 16.1 Å². The van der Waals surface area contributed by atoms with Gasteiger partial charge >= 0.3 is 0 Å². The fraction of sp³-hybridized carbons (Fsp3) is 0.733. The van der Waals surface area contributed by atoms with Crippen molar-refractivity contribution in [1.29, 1.82) is 0 Å². The Morgan fingerprint density at radius 1 is 1.36 bits per heavy atom. The molecular weight excluding hydrogens is 411 g/mol. The maximum absolute atomic E-state index is 5.58. The van der Waals surface area contributed by atoms with Gasteiger partial charge < -0.3 is 15.4 Å². The summed E-state index contributed by atoms with van der Waals surface area (Å²) >= 11 is 1.69. The van der Waals surface area contributed by atoms with Crippen molar-refractivity contribution in [2.75, 3.05) is 26.3 Å². The van der Waals surface area contributed by atoms with Gasteiger partial charge in [0.25, 0.3) is 0 Å². The summed E-state index contributed by atoms with van der Waals surface area (Å²) in [6.45, 7) is 12.3. The number of ether oxygens (including phenoxy) is 1. The van der Waals surface area contributed by atoms with Gasteiger partial charge in [0.1, 0.15) is 5.01 Å². The molecule has 0 aliphatic heterocycles. The Labute approximate surface area is 155 Å². The summed E-state index contributed by atoms with van der Waals surface area (Å²) in [5.74, 6) is 1.51. The third-order valence-corrected chi connectivity index (χ3v) is 3.66. The van der Waals surface area contributed by atoms with Crippen LogP contribution in [0.15, 0.2) is 11.2 Å². The van der Waals surface area contributed by atoms with Crippen molar-refractivity contribution in [1.82, 2.24) is 15.6 Å². The van der Waals surface area contributed by atoms with Crippen LogP contribution in [-0.4, -0.2) is 37.2 Å². The predicted octanol–water partition coefficient (Wildman–Crippen LogP) is 3.19. The molecule has 7 heteroatoms. The Morgan fingerprint density at radius 3 is 2.73 bits per heavy atom. The molecule has 0 unspecified atom stereocenters. The second kappa shape index (κ2) is 13.1. The van der Waals surface area contributed by atoms with Crippen LogP contribution in [0.2, 0.25) is 0 Å². The standard InChI is InChI=1S/C15H28N4OS.HI/c1-5-16-15(17-7-9-20-8-6-12(2)3)19-11-14-18-10-13(4)21-14;/h10,12H,5-9,11H2,1-4H3,(H2,16,17,19);1H. The third kappa shape index (κ3) is 10.3. The first kappa shape index (κ1) is 21.6. The van der Waals surface area contributed by atoms with E-state index in [4.69, 9.17) is 4.74 Å². The Bertz CT molecular complexity index is 423. The van der Waals surface area contributed by atoms with Crippen molar-refractivity contribution >= 4 is 41.3 Å². The first-order chi connectivity index (χ1) is 10.1. The van der Waals surface area contributed by atoms with E-state index in [2.05, 4.69) is 48.3 Å². The molecule has 0 saturated carbocycles. The van der Waals surface area contributed by atoms with Gasteiger partial charge in [-0.05, 0) is 26.2 Å². The topological polar surface area (TPSA) is 58.5 Å². The molecule has 0 aliphatic carbocycles. The molecule has 0 aromatic carbocycles. The number of rotatable bonds is 9. The zero-order valence-corrected chi connectivity index (χ0v) is 17.2. The van der Waals surface area contributed by atoms with Crippen LogP contribution in [0.4, 0.5) is 0 Å². The lowest BCUT2D eigenvalue weighted by atomic mass is 10.1. The molecule has 0 bridgehead atoms. The van der Waals surface area contributed by atoms with E-state index in [1.54, 1.807) is 11.3 Å². The number of nitrogens with one attached hydrogen (secondary N) is 2. The molecule has 0 atom stereocenters. The van der Waals surface area contributed by atoms with Crippen LogP contribution in [0.3, 0.4) is 0 Å². The van der Waals surface area contributed by atoms with E-state index in [1.807, 2.05) is 6.20 Å². The Kier molecular flexibility index (Phi) is 12.8. The van der Waals surface area contributed by atoms with Gasteiger partial charge in [-0.2, -0.15) is 0 Å². The SMILES string of the molecule is CCNC(=NCc1ncc(C)s1)NCCOCCC(C)C.I. The largest absolute Gasteiger partial charge is 0.380 e. The third-order valence-electron chi connectivity index (χ3n) is 2.76. The van der Waals surface area contributed by atoms with E-state index >= 15 is 0 Å². The second-order valence-corrected chi connectivity index (χ2v) is 6.60. The van der Waals surface area contributed by atoms with Gasteiger partial charge in [0, 0.05) is 30.8 Å². The lowest BCUT2D eigenvalue weighted by Crippen LogP contribution is -2.39. The molecule has 128 valence electrons. The molecule has 1 aromatic rings. The van der Waals surface area contributed by atoms with Crippen LogP contribution in [0.5, 0.6) is 0 Å². The van der Waals surface area contributed by atoms with Crippen LogP contribution in [-0.2, 0) is 11.3 Å². The highest BCUT2D eigenvalue weighted by Gasteiger charge is 2.00. The van der Waals surface area contributed by atoms with Gasteiger partial charge in [0.05, 0.1) is 13.2 Å². The van der Waals surface area contributed by atoms with Crippen LogP contribution in [0, 0.1) is 12.8 Å². The van der Waals surface area contributed by atoms with Crippen molar-refractivity contribution in [2.45, 2.75) is 40.7 Å². The summed E-state index contributed by atoms with van der Waals surface area (Å²) in [4.78, 5) is 10.1. The molecule has 0 saturated heterocycles. The van der Waals surface area contributed by atoms with E-state index in [0.29, 0.717) is 19.1 Å². The highest BCUT2D eigenvalue weighted by atomic mass is 127. The minimum absolute atomic E-state index is 0. The van der Waals surface area contributed by atoms with Gasteiger partial charge in [-0.15, -0.1) is 35.3 Å². The lowest BCUT2D eigenvalue weighted by molar-refractivity contribution is 0.128. The molecular formula is C15H29IN4OS. The predicted molar refractivity (Wildman–Crippen MR) is 105 cm³/mol. The van der Waals surface area contributed by atoms with Crippen molar-refractivity contribution in [3.8, 4) is 0 Å². The summed E-state index contributed by atoms with van der Waals surface area (Å²) in [5.41, 5.74) is 0. The van der Waals surface area contributed by atoms with E-state index in [-0.39, 0.29) is 24.0 Å². The fourth-order valence-corrected chi connectivity index (χ4v) is 2.34. The molecule has 0 spiro atoms. The molecule has 0 radical (unpaired) electrons. The number of nitrogens with zero attached hydrogens (tertiary/aromatic N) is 2. The first-order valence-electron chi connectivity index (χ1n) is 7.63. The minimum atomic E-state index is 0. The highest BCUT2D eigenvalue weighted by Crippen LogP contribution is 2.11. The lowest BCUT2D eigenvalue weighted by Gasteiger charge is -2.11. The number of aryl methyl sites for hydroxylation is 1. The van der Waals surface area contributed by atoms with Crippen LogP contribution in [0.25, 0.3) is 0 Å². The number of aromatic nitrogens is 1. The van der Waals surface area contributed by atoms with Gasteiger partial charge in [0.2, 0.25) is 0 Å². The maximum Gasteiger partial charge on any atom is 0.191 e. The highest BCUT2D eigenvalue weighted by molar-refractivity contribution is 14.0. The molecule has 0 fully saturated rings. The van der Waals surface area contributed by atoms with Gasteiger partial charge in [-0.1, -0.05) is 13.8 Å². The average Bonchev–Trinajstić information content (AvgIpc) is 2.85. The Hall–Kier alpha value is -0.410. The quantitative estimate of drug-likeness (QED) is 0.268. The summed E-state index contributed by atoms with van der Waals surface area (Å²) in [6, 6.07) is 0. The summed E-state index contributed by atoms with van der Waals surface area (Å²) in [6.07, 6.45) is 3.00.